The van der Waals surface area contributed by atoms with Crippen LogP contribution < -0.4 is 5.32 Å². The van der Waals surface area contributed by atoms with Crippen LogP contribution in [0.15, 0.2) is 18.3 Å². The summed E-state index contributed by atoms with van der Waals surface area (Å²) in [6, 6.07) is 1.55. The van der Waals surface area contributed by atoms with Crippen molar-refractivity contribution in [3.05, 3.63) is 41.2 Å². The maximum Gasteiger partial charge on any atom is 0.335 e. The lowest BCUT2D eigenvalue weighted by Crippen LogP contribution is -2.03. The van der Waals surface area contributed by atoms with Crippen molar-refractivity contribution in [3.8, 4) is 0 Å². The number of aromatic carboxylic acids is 1. The van der Waals surface area contributed by atoms with E-state index in [9.17, 15) is 13.6 Å². The molecule has 0 atom stereocenters. The van der Waals surface area contributed by atoms with Crippen molar-refractivity contribution < 1.29 is 18.7 Å². The molecule has 2 rings (SSSR count). The van der Waals surface area contributed by atoms with Gasteiger partial charge in [0.25, 0.3) is 0 Å². The first-order valence-electron chi connectivity index (χ1n) is 5.94. The fraction of sp³-hybridized carbons (Fsp3) is 0.231. The first-order valence-corrected chi connectivity index (χ1v) is 5.94. The first-order chi connectivity index (χ1) is 9.42. The highest BCUT2D eigenvalue weighted by Gasteiger charge is 2.16. The third kappa shape index (κ3) is 2.61. The minimum Gasteiger partial charge on any atom is -0.478 e. The van der Waals surface area contributed by atoms with Crippen LogP contribution in [0.25, 0.3) is 0 Å². The molecule has 1 aromatic carbocycles. The van der Waals surface area contributed by atoms with Gasteiger partial charge in [-0.25, -0.2) is 13.6 Å². The van der Waals surface area contributed by atoms with Crippen molar-refractivity contribution in [2.45, 2.75) is 13.3 Å². The van der Waals surface area contributed by atoms with Crippen molar-refractivity contribution in [1.82, 2.24) is 9.78 Å². The standard InChI is InChI=1S/C13H13F2N3O2/c1-3-10-11(6-18(2)17-10)16-12-8(14)4-7(13(19)20)5-9(12)15/h4-6,16H,3H2,1-2H3,(H,19,20). The summed E-state index contributed by atoms with van der Waals surface area (Å²) in [5.74, 6) is -3.31. The summed E-state index contributed by atoms with van der Waals surface area (Å²) < 4.78 is 29.1. The molecule has 20 heavy (non-hydrogen) atoms. The van der Waals surface area contributed by atoms with Gasteiger partial charge in [-0.1, -0.05) is 6.92 Å². The summed E-state index contributed by atoms with van der Waals surface area (Å²) in [4.78, 5) is 10.7. The minimum atomic E-state index is -1.38. The molecule has 2 aromatic rings. The molecule has 0 unspecified atom stereocenters. The summed E-state index contributed by atoms with van der Waals surface area (Å²) in [6.07, 6.45) is 2.20. The first kappa shape index (κ1) is 14.0. The van der Waals surface area contributed by atoms with Crippen LogP contribution in [0.1, 0.15) is 23.0 Å². The van der Waals surface area contributed by atoms with E-state index in [1.165, 1.54) is 4.68 Å². The Morgan fingerprint density at radius 2 is 2.00 bits per heavy atom. The molecule has 1 heterocycles. The second-order valence-electron chi connectivity index (χ2n) is 4.26. The van der Waals surface area contributed by atoms with Gasteiger partial charge in [0.15, 0.2) is 11.6 Å². The van der Waals surface area contributed by atoms with Crippen molar-refractivity contribution in [2.24, 2.45) is 7.05 Å². The molecule has 0 aliphatic carbocycles. The molecule has 0 saturated carbocycles. The topological polar surface area (TPSA) is 67.2 Å². The van der Waals surface area contributed by atoms with E-state index in [-0.39, 0.29) is 0 Å². The minimum absolute atomic E-state index is 0.391. The van der Waals surface area contributed by atoms with E-state index in [0.717, 1.165) is 12.1 Å². The third-order valence-corrected chi connectivity index (χ3v) is 2.79. The molecule has 0 aliphatic rings. The second kappa shape index (κ2) is 5.28. The molecule has 0 fully saturated rings. The van der Waals surface area contributed by atoms with E-state index >= 15 is 0 Å². The predicted molar refractivity (Wildman–Crippen MR) is 69.2 cm³/mol. The SMILES string of the molecule is CCc1nn(C)cc1Nc1c(F)cc(C(=O)O)cc1F. The maximum atomic E-state index is 13.8. The Morgan fingerprint density at radius 3 is 2.50 bits per heavy atom. The number of anilines is 2. The molecule has 0 saturated heterocycles. The summed E-state index contributed by atoms with van der Waals surface area (Å²) >= 11 is 0. The molecule has 0 bridgehead atoms. The number of carbonyl (C=O) groups is 1. The van der Waals surface area contributed by atoms with Gasteiger partial charge in [0, 0.05) is 13.2 Å². The Balaban J connectivity index is 2.41. The number of carboxylic acids is 1. The van der Waals surface area contributed by atoms with Crippen molar-refractivity contribution in [1.29, 1.82) is 0 Å². The van der Waals surface area contributed by atoms with Crippen LogP contribution in [-0.4, -0.2) is 20.9 Å². The number of halogens is 2. The van der Waals surface area contributed by atoms with Crippen LogP contribution >= 0.6 is 0 Å². The van der Waals surface area contributed by atoms with E-state index < -0.39 is 28.9 Å². The normalized spacial score (nSPS) is 10.6. The average Bonchev–Trinajstić information content (AvgIpc) is 2.73. The molecule has 0 spiro atoms. The zero-order chi connectivity index (χ0) is 14.9. The number of hydrogen-bond acceptors (Lipinski definition) is 3. The number of aryl methyl sites for hydroxylation is 2. The lowest BCUT2D eigenvalue weighted by Gasteiger charge is -2.09. The number of nitrogens with zero attached hydrogens (tertiary/aromatic N) is 2. The van der Waals surface area contributed by atoms with Gasteiger partial charge in [0.2, 0.25) is 0 Å². The van der Waals surface area contributed by atoms with Gasteiger partial charge < -0.3 is 10.4 Å². The van der Waals surface area contributed by atoms with Crippen molar-refractivity contribution in [2.75, 3.05) is 5.32 Å². The van der Waals surface area contributed by atoms with E-state index in [1.807, 2.05) is 6.92 Å². The smallest absolute Gasteiger partial charge is 0.335 e. The Hall–Kier alpha value is -2.44. The Labute approximate surface area is 113 Å². The summed E-state index contributed by atoms with van der Waals surface area (Å²) in [6.45, 7) is 1.87. The van der Waals surface area contributed by atoms with Gasteiger partial charge >= 0.3 is 5.97 Å². The largest absolute Gasteiger partial charge is 0.478 e. The predicted octanol–water partition coefficient (Wildman–Crippen LogP) is 2.70. The van der Waals surface area contributed by atoms with Gasteiger partial charge in [-0.05, 0) is 18.6 Å². The van der Waals surface area contributed by atoms with Crippen molar-refractivity contribution >= 4 is 17.3 Å². The molecule has 0 aliphatic heterocycles. The lowest BCUT2D eigenvalue weighted by atomic mass is 10.1. The van der Waals surface area contributed by atoms with E-state index in [0.29, 0.717) is 17.8 Å². The fourth-order valence-electron chi connectivity index (χ4n) is 1.85. The second-order valence-corrected chi connectivity index (χ2v) is 4.26. The van der Waals surface area contributed by atoms with Crippen LogP contribution in [0.5, 0.6) is 0 Å². The third-order valence-electron chi connectivity index (χ3n) is 2.79. The number of benzene rings is 1. The van der Waals surface area contributed by atoms with Crippen LogP contribution in [-0.2, 0) is 13.5 Å². The lowest BCUT2D eigenvalue weighted by molar-refractivity contribution is 0.0696. The van der Waals surface area contributed by atoms with E-state index in [4.69, 9.17) is 5.11 Å². The number of aromatic nitrogens is 2. The van der Waals surface area contributed by atoms with Gasteiger partial charge in [0.1, 0.15) is 5.69 Å². The summed E-state index contributed by atoms with van der Waals surface area (Å²) in [7, 11) is 1.70. The van der Waals surface area contributed by atoms with Crippen LogP contribution in [0.2, 0.25) is 0 Å². The van der Waals surface area contributed by atoms with E-state index in [2.05, 4.69) is 10.4 Å². The van der Waals surface area contributed by atoms with Gasteiger partial charge in [-0.15, -0.1) is 0 Å². The molecule has 2 N–H and O–H groups in total. The molecular weight excluding hydrogens is 268 g/mol. The molecule has 0 radical (unpaired) electrons. The number of carboxylic acid groups (broad SMARTS) is 1. The molecule has 5 nitrogen and oxygen atoms in total. The molecule has 1 aromatic heterocycles. The molecule has 7 heteroatoms. The molecular formula is C13H13F2N3O2. The highest BCUT2D eigenvalue weighted by molar-refractivity contribution is 5.88. The summed E-state index contributed by atoms with van der Waals surface area (Å²) in [5.41, 5.74) is 0.314. The highest BCUT2D eigenvalue weighted by atomic mass is 19.1. The van der Waals surface area contributed by atoms with Crippen LogP contribution in [0.4, 0.5) is 20.2 Å². The Morgan fingerprint density at radius 1 is 1.40 bits per heavy atom. The van der Waals surface area contributed by atoms with E-state index in [1.54, 1.807) is 13.2 Å². The maximum absolute atomic E-state index is 13.8. The Kier molecular flexibility index (Phi) is 3.69. The van der Waals surface area contributed by atoms with Gasteiger partial charge in [-0.3, -0.25) is 4.68 Å². The fourth-order valence-corrected chi connectivity index (χ4v) is 1.85. The summed E-state index contributed by atoms with van der Waals surface area (Å²) in [5, 5.41) is 15.5. The monoisotopic (exact) mass is 281 g/mol. The van der Waals surface area contributed by atoms with Gasteiger partial charge in [-0.2, -0.15) is 5.10 Å². The number of hydrogen-bond donors (Lipinski definition) is 2. The zero-order valence-corrected chi connectivity index (χ0v) is 10.9. The zero-order valence-electron chi connectivity index (χ0n) is 10.9. The van der Waals surface area contributed by atoms with Gasteiger partial charge in [0.05, 0.1) is 16.9 Å². The average molecular weight is 281 g/mol. The number of rotatable bonds is 4. The van der Waals surface area contributed by atoms with Crippen LogP contribution in [0.3, 0.4) is 0 Å². The molecule has 0 amide bonds. The number of nitrogens with one attached hydrogen (secondary N) is 1. The van der Waals surface area contributed by atoms with Crippen LogP contribution in [0, 0.1) is 11.6 Å². The Bertz CT molecular complexity index is 645. The quantitative estimate of drug-likeness (QED) is 0.904. The highest BCUT2D eigenvalue weighted by Crippen LogP contribution is 2.26. The molecule has 106 valence electrons. The van der Waals surface area contributed by atoms with Crippen molar-refractivity contribution in [3.63, 3.8) is 0 Å².